The molecule has 0 radical (unpaired) electrons. The van der Waals surface area contributed by atoms with E-state index in [9.17, 15) is 9.59 Å². The van der Waals surface area contributed by atoms with E-state index in [1.165, 1.54) is 0 Å². The molecule has 6 nitrogen and oxygen atoms in total. The van der Waals surface area contributed by atoms with Crippen LogP contribution in [-0.2, 0) is 27.2 Å². The van der Waals surface area contributed by atoms with Crippen LogP contribution in [0.25, 0.3) is 0 Å². The van der Waals surface area contributed by atoms with E-state index in [1.54, 1.807) is 32.1 Å². The topological polar surface area (TPSA) is 65.1 Å². The molecule has 1 amide bonds. The van der Waals surface area contributed by atoms with E-state index >= 15 is 0 Å². The van der Waals surface area contributed by atoms with Gasteiger partial charge in [-0.15, -0.1) is 0 Å². The lowest BCUT2D eigenvalue weighted by Gasteiger charge is -2.26. The van der Waals surface area contributed by atoms with Crippen molar-refractivity contribution in [2.45, 2.75) is 45.3 Å². The SMILES string of the molecule is COc1ccc(CCC(=O)O[C@H](C)C(=O)N2c3ccccc3C[C@@H]2C)cc1OC. The molecule has 29 heavy (non-hydrogen) atoms. The van der Waals surface area contributed by atoms with Crippen LogP contribution < -0.4 is 14.4 Å². The van der Waals surface area contributed by atoms with Crippen molar-refractivity contribution in [3.63, 3.8) is 0 Å². The fourth-order valence-electron chi connectivity index (χ4n) is 3.69. The summed E-state index contributed by atoms with van der Waals surface area (Å²) in [5.74, 6) is 0.657. The average molecular weight is 397 g/mol. The Kier molecular flexibility index (Phi) is 6.42. The van der Waals surface area contributed by atoms with Gasteiger partial charge in [0.2, 0.25) is 0 Å². The largest absolute Gasteiger partial charge is 0.493 e. The zero-order valence-electron chi connectivity index (χ0n) is 17.3. The Labute approximate surface area is 171 Å². The quantitative estimate of drug-likeness (QED) is 0.669. The third-order valence-corrected chi connectivity index (χ3v) is 5.17. The molecular formula is C23H27NO5. The first kappa shape index (κ1) is 20.7. The van der Waals surface area contributed by atoms with Gasteiger partial charge < -0.3 is 19.1 Å². The minimum Gasteiger partial charge on any atom is -0.493 e. The predicted molar refractivity (Wildman–Crippen MR) is 111 cm³/mol. The summed E-state index contributed by atoms with van der Waals surface area (Å²) in [5.41, 5.74) is 2.97. The molecule has 1 heterocycles. The smallest absolute Gasteiger partial charge is 0.306 e. The maximum atomic E-state index is 12.9. The molecule has 0 aromatic heterocycles. The second-order valence-corrected chi connectivity index (χ2v) is 7.21. The van der Waals surface area contributed by atoms with Crippen LogP contribution in [0.2, 0.25) is 0 Å². The van der Waals surface area contributed by atoms with Gasteiger partial charge in [0.25, 0.3) is 5.91 Å². The summed E-state index contributed by atoms with van der Waals surface area (Å²) in [6.45, 7) is 3.63. The summed E-state index contributed by atoms with van der Waals surface area (Å²) < 4.78 is 15.9. The van der Waals surface area contributed by atoms with Crippen LogP contribution in [0.1, 0.15) is 31.4 Å². The van der Waals surface area contributed by atoms with Crippen molar-refractivity contribution in [3.8, 4) is 11.5 Å². The number of methoxy groups -OCH3 is 2. The number of aryl methyl sites for hydroxylation is 1. The molecule has 0 spiro atoms. The number of hydrogen-bond acceptors (Lipinski definition) is 5. The minimum atomic E-state index is -0.832. The van der Waals surface area contributed by atoms with E-state index in [2.05, 4.69) is 0 Å². The van der Waals surface area contributed by atoms with Gasteiger partial charge in [-0.05, 0) is 56.0 Å². The third-order valence-electron chi connectivity index (χ3n) is 5.17. The summed E-state index contributed by atoms with van der Waals surface area (Å²) in [6.07, 6.45) is 0.644. The molecule has 2 atom stereocenters. The van der Waals surface area contributed by atoms with Crippen molar-refractivity contribution in [1.82, 2.24) is 0 Å². The van der Waals surface area contributed by atoms with Gasteiger partial charge in [0.15, 0.2) is 17.6 Å². The molecule has 154 valence electrons. The third kappa shape index (κ3) is 4.53. The van der Waals surface area contributed by atoms with Crippen molar-refractivity contribution < 1.29 is 23.8 Å². The van der Waals surface area contributed by atoms with E-state index in [-0.39, 0.29) is 18.4 Å². The molecule has 1 aliphatic heterocycles. The van der Waals surface area contributed by atoms with Crippen molar-refractivity contribution in [3.05, 3.63) is 53.6 Å². The van der Waals surface area contributed by atoms with Crippen molar-refractivity contribution in [2.24, 2.45) is 0 Å². The van der Waals surface area contributed by atoms with E-state index in [0.717, 1.165) is 23.2 Å². The molecule has 2 aromatic rings. The summed E-state index contributed by atoms with van der Waals surface area (Å²) in [6, 6.07) is 13.4. The average Bonchev–Trinajstić information content (AvgIpc) is 3.06. The summed E-state index contributed by atoms with van der Waals surface area (Å²) in [5, 5.41) is 0. The number of ether oxygens (including phenoxy) is 3. The van der Waals surface area contributed by atoms with E-state index in [1.807, 2.05) is 43.3 Å². The summed E-state index contributed by atoms with van der Waals surface area (Å²) in [4.78, 5) is 26.9. The van der Waals surface area contributed by atoms with Gasteiger partial charge in [0, 0.05) is 18.2 Å². The van der Waals surface area contributed by atoms with Gasteiger partial charge in [0.05, 0.1) is 14.2 Å². The zero-order chi connectivity index (χ0) is 21.0. The molecule has 2 aromatic carbocycles. The maximum absolute atomic E-state index is 12.9. The molecule has 0 unspecified atom stereocenters. The normalized spacial score (nSPS) is 16.1. The highest BCUT2D eigenvalue weighted by Crippen LogP contribution is 2.32. The highest BCUT2D eigenvalue weighted by molar-refractivity contribution is 5.99. The van der Waals surface area contributed by atoms with Gasteiger partial charge in [-0.2, -0.15) is 0 Å². The van der Waals surface area contributed by atoms with Crippen molar-refractivity contribution in [2.75, 3.05) is 19.1 Å². The van der Waals surface area contributed by atoms with Gasteiger partial charge in [-0.25, -0.2) is 0 Å². The molecule has 1 aliphatic rings. The summed E-state index contributed by atoms with van der Waals surface area (Å²) >= 11 is 0. The van der Waals surface area contributed by atoms with Crippen molar-refractivity contribution >= 4 is 17.6 Å². The maximum Gasteiger partial charge on any atom is 0.306 e. The number of esters is 1. The molecule has 0 bridgehead atoms. The standard InChI is InChI=1S/C23H27NO5/c1-15-13-18-7-5-6-8-19(18)24(15)23(26)16(2)29-22(25)12-10-17-9-11-20(27-3)21(14-17)28-4/h5-9,11,14-16H,10,12-13H2,1-4H3/t15-,16+/m0/s1. The number of anilines is 1. The van der Waals surface area contributed by atoms with Gasteiger partial charge in [-0.3, -0.25) is 9.59 Å². The fourth-order valence-corrected chi connectivity index (χ4v) is 3.69. The second kappa shape index (κ2) is 8.99. The van der Waals surface area contributed by atoms with E-state index < -0.39 is 12.1 Å². The second-order valence-electron chi connectivity index (χ2n) is 7.21. The van der Waals surface area contributed by atoms with Crippen LogP contribution in [0.15, 0.2) is 42.5 Å². The number of carbonyl (C=O) groups excluding carboxylic acids is 2. The highest BCUT2D eigenvalue weighted by Gasteiger charge is 2.34. The zero-order valence-corrected chi connectivity index (χ0v) is 17.3. The Hall–Kier alpha value is -3.02. The number of amides is 1. The Bertz CT molecular complexity index is 895. The Balaban J connectivity index is 1.57. The van der Waals surface area contributed by atoms with E-state index in [4.69, 9.17) is 14.2 Å². The van der Waals surface area contributed by atoms with Crippen LogP contribution in [0, 0.1) is 0 Å². The molecule has 0 saturated heterocycles. The minimum absolute atomic E-state index is 0.0489. The molecular weight excluding hydrogens is 370 g/mol. The van der Waals surface area contributed by atoms with Crippen LogP contribution >= 0.6 is 0 Å². The number of fused-ring (bicyclic) bond motifs is 1. The lowest BCUT2D eigenvalue weighted by Crippen LogP contribution is -2.43. The first-order valence-corrected chi connectivity index (χ1v) is 9.76. The Morgan fingerprint density at radius 3 is 2.55 bits per heavy atom. The first-order valence-electron chi connectivity index (χ1n) is 9.76. The molecule has 0 aliphatic carbocycles. The van der Waals surface area contributed by atoms with Crippen LogP contribution in [-0.4, -0.2) is 38.2 Å². The fraction of sp³-hybridized carbons (Fsp3) is 0.391. The molecule has 0 saturated carbocycles. The first-order chi connectivity index (χ1) is 13.9. The molecule has 6 heteroatoms. The molecule has 0 N–H and O–H groups in total. The van der Waals surface area contributed by atoms with Crippen LogP contribution in [0.4, 0.5) is 5.69 Å². The number of benzene rings is 2. The van der Waals surface area contributed by atoms with Crippen LogP contribution in [0.3, 0.4) is 0 Å². The lowest BCUT2D eigenvalue weighted by molar-refractivity contribution is -0.154. The lowest BCUT2D eigenvalue weighted by atomic mass is 10.1. The molecule has 0 fully saturated rings. The van der Waals surface area contributed by atoms with E-state index in [0.29, 0.717) is 17.9 Å². The van der Waals surface area contributed by atoms with Crippen LogP contribution in [0.5, 0.6) is 11.5 Å². The van der Waals surface area contributed by atoms with Crippen molar-refractivity contribution in [1.29, 1.82) is 0 Å². The molecule has 3 rings (SSSR count). The Morgan fingerprint density at radius 2 is 1.83 bits per heavy atom. The van der Waals surface area contributed by atoms with Gasteiger partial charge in [-0.1, -0.05) is 24.3 Å². The highest BCUT2D eigenvalue weighted by atomic mass is 16.5. The number of para-hydroxylation sites is 1. The van der Waals surface area contributed by atoms with Gasteiger partial charge >= 0.3 is 5.97 Å². The summed E-state index contributed by atoms with van der Waals surface area (Å²) in [7, 11) is 3.15. The number of carbonyl (C=O) groups is 2. The predicted octanol–water partition coefficient (Wildman–Crippen LogP) is 3.55. The number of hydrogen-bond donors (Lipinski definition) is 0. The number of rotatable bonds is 7. The Morgan fingerprint density at radius 1 is 1.10 bits per heavy atom. The number of nitrogens with zero attached hydrogens (tertiary/aromatic N) is 1. The monoisotopic (exact) mass is 397 g/mol. The van der Waals surface area contributed by atoms with Gasteiger partial charge in [0.1, 0.15) is 0 Å².